The molecule has 0 aromatic heterocycles. The number of hydrogen-bond donors (Lipinski definition) is 1. The average molecular weight is 408 g/mol. The van der Waals surface area contributed by atoms with Crippen LogP contribution in [0.3, 0.4) is 0 Å². The van der Waals surface area contributed by atoms with Crippen molar-refractivity contribution in [1.82, 2.24) is 10.2 Å². The first-order valence-corrected chi connectivity index (χ1v) is 10.7. The molecule has 1 unspecified atom stereocenters. The molecule has 5 nitrogen and oxygen atoms in total. The van der Waals surface area contributed by atoms with E-state index in [9.17, 15) is 14.0 Å². The molecule has 0 bridgehead atoms. The number of carbonyl (C=O) groups is 2. The first-order valence-electron chi connectivity index (χ1n) is 10.3. The predicted octanol–water partition coefficient (Wildman–Crippen LogP) is 3.21. The second-order valence-electron chi connectivity index (χ2n) is 8.25. The van der Waals surface area contributed by atoms with Crippen LogP contribution in [0.15, 0.2) is 18.2 Å². The van der Waals surface area contributed by atoms with Crippen LogP contribution in [0.5, 0.6) is 0 Å². The summed E-state index contributed by atoms with van der Waals surface area (Å²) in [5, 5.41) is 3.09. The number of fused-ring (bicyclic) bond motifs is 1. The molecular formula is C21H27ClFN3O2. The molecule has 0 spiro atoms. The predicted molar refractivity (Wildman–Crippen MR) is 107 cm³/mol. The molecule has 7 heteroatoms. The van der Waals surface area contributed by atoms with E-state index in [2.05, 4.69) is 10.2 Å². The topological polar surface area (TPSA) is 52.7 Å². The minimum absolute atomic E-state index is 0.0208. The minimum atomic E-state index is -0.518. The number of nitrogens with one attached hydrogen (secondary N) is 1. The van der Waals surface area contributed by atoms with E-state index < -0.39 is 5.82 Å². The Kier molecular flexibility index (Phi) is 5.88. The molecular weight excluding hydrogens is 381 g/mol. The zero-order valence-corrected chi connectivity index (χ0v) is 16.8. The van der Waals surface area contributed by atoms with E-state index in [1.165, 1.54) is 61.9 Å². The molecule has 3 fully saturated rings. The van der Waals surface area contributed by atoms with Gasteiger partial charge in [-0.1, -0.05) is 18.0 Å². The van der Waals surface area contributed by atoms with Crippen LogP contribution < -0.4 is 10.2 Å². The van der Waals surface area contributed by atoms with Crippen LogP contribution in [0.2, 0.25) is 5.02 Å². The maximum Gasteiger partial charge on any atom is 0.227 e. The highest BCUT2D eigenvalue weighted by Gasteiger charge is 2.37. The van der Waals surface area contributed by atoms with Gasteiger partial charge in [0, 0.05) is 31.2 Å². The fraction of sp³-hybridized carbons (Fsp3) is 0.619. The SMILES string of the molecule is O=C(NC[C@@H]1CCCN2CCCC[C@H]12)C1CC(=O)N(c2ccc(F)c(Cl)c2)C1. The van der Waals surface area contributed by atoms with Gasteiger partial charge < -0.3 is 15.1 Å². The number of halogens is 2. The van der Waals surface area contributed by atoms with Gasteiger partial charge in [-0.25, -0.2) is 4.39 Å². The average Bonchev–Trinajstić information content (AvgIpc) is 3.10. The Morgan fingerprint density at radius 3 is 2.86 bits per heavy atom. The van der Waals surface area contributed by atoms with Crippen molar-refractivity contribution in [2.45, 2.75) is 44.6 Å². The number of anilines is 1. The highest BCUT2D eigenvalue weighted by atomic mass is 35.5. The van der Waals surface area contributed by atoms with Gasteiger partial charge >= 0.3 is 0 Å². The molecule has 28 heavy (non-hydrogen) atoms. The molecule has 3 aliphatic rings. The highest BCUT2D eigenvalue weighted by molar-refractivity contribution is 6.31. The molecule has 1 aromatic rings. The van der Waals surface area contributed by atoms with E-state index >= 15 is 0 Å². The largest absolute Gasteiger partial charge is 0.355 e. The lowest BCUT2D eigenvalue weighted by Crippen LogP contribution is -2.51. The summed E-state index contributed by atoms with van der Waals surface area (Å²) in [4.78, 5) is 29.2. The minimum Gasteiger partial charge on any atom is -0.355 e. The number of nitrogens with zero attached hydrogens (tertiary/aromatic N) is 2. The number of piperidine rings is 2. The number of hydrogen-bond acceptors (Lipinski definition) is 3. The van der Waals surface area contributed by atoms with Crippen molar-refractivity contribution in [3.8, 4) is 0 Å². The molecule has 3 heterocycles. The van der Waals surface area contributed by atoms with E-state index in [-0.39, 0.29) is 29.2 Å². The smallest absolute Gasteiger partial charge is 0.227 e. The van der Waals surface area contributed by atoms with Crippen LogP contribution >= 0.6 is 11.6 Å². The van der Waals surface area contributed by atoms with Gasteiger partial charge in [-0.05, 0) is 62.9 Å². The van der Waals surface area contributed by atoms with Gasteiger partial charge in [0.2, 0.25) is 11.8 Å². The lowest BCUT2D eigenvalue weighted by molar-refractivity contribution is -0.126. The molecule has 1 N–H and O–H groups in total. The van der Waals surface area contributed by atoms with Gasteiger partial charge in [0.1, 0.15) is 5.82 Å². The summed E-state index contributed by atoms with van der Waals surface area (Å²) in [7, 11) is 0. The van der Waals surface area contributed by atoms with Gasteiger partial charge in [-0.15, -0.1) is 0 Å². The number of benzene rings is 1. The van der Waals surface area contributed by atoms with Crippen LogP contribution in [0.25, 0.3) is 0 Å². The second kappa shape index (κ2) is 8.37. The van der Waals surface area contributed by atoms with Crippen molar-refractivity contribution in [3.63, 3.8) is 0 Å². The van der Waals surface area contributed by atoms with Crippen molar-refractivity contribution >= 4 is 29.1 Å². The Hall–Kier alpha value is -1.66. The number of amides is 2. The van der Waals surface area contributed by atoms with Gasteiger partial charge in [-0.2, -0.15) is 0 Å². The quantitative estimate of drug-likeness (QED) is 0.833. The molecule has 3 atom stereocenters. The van der Waals surface area contributed by atoms with Gasteiger partial charge in [-0.3, -0.25) is 9.59 Å². The third-order valence-electron chi connectivity index (χ3n) is 6.48. The first kappa shape index (κ1) is 19.6. The molecule has 3 aliphatic heterocycles. The van der Waals surface area contributed by atoms with Crippen LogP contribution in [-0.4, -0.2) is 48.9 Å². The van der Waals surface area contributed by atoms with Crippen molar-refractivity contribution in [2.24, 2.45) is 11.8 Å². The first-order chi connectivity index (χ1) is 13.5. The fourth-order valence-electron chi connectivity index (χ4n) is 4.98. The molecule has 3 saturated heterocycles. The Morgan fingerprint density at radius 2 is 2.04 bits per heavy atom. The van der Waals surface area contributed by atoms with E-state index in [1.54, 1.807) is 0 Å². The van der Waals surface area contributed by atoms with Crippen molar-refractivity contribution in [2.75, 3.05) is 31.1 Å². The summed E-state index contributed by atoms with van der Waals surface area (Å²) < 4.78 is 13.4. The summed E-state index contributed by atoms with van der Waals surface area (Å²) >= 11 is 5.83. The van der Waals surface area contributed by atoms with Crippen LogP contribution in [0.1, 0.15) is 38.5 Å². The molecule has 0 aliphatic carbocycles. The van der Waals surface area contributed by atoms with E-state index in [0.29, 0.717) is 30.7 Å². The summed E-state index contributed by atoms with van der Waals surface area (Å²) in [5.74, 6) is -0.573. The van der Waals surface area contributed by atoms with Gasteiger partial charge in [0.25, 0.3) is 0 Å². The molecule has 2 amide bonds. The van der Waals surface area contributed by atoms with Crippen molar-refractivity contribution in [1.29, 1.82) is 0 Å². The molecule has 4 rings (SSSR count). The van der Waals surface area contributed by atoms with Gasteiger partial charge in [0.05, 0.1) is 10.9 Å². The summed E-state index contributed by atoms with van der Waals surface area (Å²) in [6.45, 7) is 3.36. The van der Waals surface area contributed by atoms with Crippen molar-refractivity contribution < 1.29 is 14.0 Å². The Bertz CT molecular complexity index is 757. The monoisotopic (exact) mass is 407 g/mol. The van der Waals surface area contributed by atoms with E-state index in [4.69, 9.17) is 11.6 Å². The van der Waals surface area contributed by atoms with Crippen LogP contribution in [0.4, 0.5) is 10.1 Å². The zero-order chi connectivity index (χ0) is 19.7. The zero-order valence-electron chi connectivity index (χ0n) is 16.0. The maximum absolute atomic E-state index is 13.4. The number of carbonyl (C=O) groups excluding carboxylic acids is 2. The summed E-state index contributed by atoms with van der Waals surface area (Å²) in [6, 6.07) is 4.80. The normalized spacial score (nSPS) is 28.3. The lowest BCUT2D eigenvalue weighted by atomic mass is 9.83. The maximum atomic E-state index is 13.4. The van der Waals surface area contributed by atoms with Crippen LogP contribution in [0, 0.1) is 17.7 Å². The second-order valence-corrected chi connectivity index (χ2v) is 8.66. The molecule has 152 valence electrons. The molecule has 0 radical (unpaired) electrons. The summed E-state index contributed by atoms with van der Waals surface area (Å²) in [5.41, 5.74) is 0.539. The van der Waals surface area contributed by atoms with E-state index in [0.717, 1.165) is 6.42 Å². The Morgan fingerprint density at radius 1 is 1.21 bits per heavy atom. The highest BCUT2D eigenvalue weighted by Crippen LogP contribution is 2.31. The standard InChI is InChI=1S/C21H27ClFN3O2/c22-17-11-16(6-7-18(17)23)26-13-15(10-20(26)27)21(28)24-12-14-4-3-9-25-8-2-1-5-19(14)25/h6-7,11,14-15,19H,1-5,8-10,12-13H2,(H,24,28)/t14-,15?,19+/m0/s1. The third kappa shape index (κ3) is 4.03. The Labute approximate surface area is 170 Å². The van der Waals surface area contributed by atoms with Gasteiger partial charge in [0.15, 0.2) is 0 Å². The molecule has 1 aromatic carbocycles. The van der Waals surface area contributed by atoms with E-state index in [1.807, 2.05) is 0 Å². The summed E-state index contributed by atoms with van der Waals surface area (Å²) in [6.07, 6.45) is 6.31. The number of rotatable bonds is 4. The fourth-order valence-corrected chi connectivity index (χ4v) is 5.15. The molecule has 0 saturated carbocycles. The lowest BCUT2D eigenvalue weighted by Gasteiger charge is -2.44. The Balaban J connectivity index is 1.34. The van der Waals surface area contributed by atoms with Crippen LogP contribution in [-0.2, 0) is 9.59 Å². The third-order valence-corrected chi connectivity index (χ3v) is 6.77. The van der Waals surface area contributed by atoms with Crippen molar-refractivity contribution in [3.05, 3.63) is 29.0 Å².